The zero-order chi connectivity index (χ0) is 38.1. The van der Waals surface area contributed by atoms with E-state index in [4.69, 9.17) is 24.9 Å². The van der Waals surface area contributed by atoms with Crippen molar-refractivity contribution in [2.24, 2.45) is 0 Å². The average Bonchev–Trinajstić information content (AvgIpc) is 3.29. The molecule has 0 spiro atoms. The van der Waals surface area contributed by atoms with E-state index in [2.05, 4.69) is 146 Å². The molecule has 0 bridgehead atoms. The summed E-state index contributed by atoms with van der Waals surface area (Å²) in [4.78, 5) is 25.2. The zero-order valence-corrected chi connectivity index (χ0v) is 31.2. The van der Waals surface area contributed by atoms with Crippen molar-refractivity contribution in [1.29, 1.82) is 0 Å². The molecule has 0 N–H and O–H groups in total. The summed E-state index contributed by atoms with van der Waals surface area (Å²) >= 11 is 0. The summed E-state index contributed by atoms with van der Waals surface area (Å²) in [6.07, 6.45) is 0. The van der Waals surface area contributed by atoms with E-state index in [1.165, 1.54) is 5.56 Å². The normalized spacial score (nSPS) is 11.2. The summed E-state index contributed by atoms with van der Waals surface area (Å²) in [7, 11) is 0. The lowest BCUT2D eigenvalue weighted by atomic mass is 9.95. The molecule has 5 heteroatoms. The Kier molecular flexibility index (Phi) is 8.65. The van der Waals surface area contributed by atoms with Crippen LogP contribution in [0, 0.1) is 6.92 Å². The summed E-state index contributed by atoms with van der Waals surface area (Å²) in [6.45, 7) is 2.06. The highest BCUT2D eigenvalue weighted by Gasteiger charge is 2.15. The zero-order valence-electron chi connectivity index (χ0n) is 31.2. The second-order valence-corrected chi connectivity index (χ2v) is 14.2. The minimum absolute atomic E-state index is 0.619. The van der Waals surface area contributed by atoms with Crippen LogP contribution in [-0.4, -0.2) is 24.9 Å². The highest BCUT2D eigenvalue weighted by Crippen LogP contribution is 2.36. The van der Waals surface area contributed by atoms with E-state index in [9.17, 15) is 0 Å². The second-order valence-electron chi connectivity index (χ2n) is 14.2. The van der Waals surface area contributed by atoms with Gasteiger partial charge in [-0.2, -0.15) is 0 Å². The Hall–Kier alpha value is -7.63. The van der Waals surface area contributed by atoms with Gasteiger partial charge in [-0.25, -0.2) is 19.9 Å². The van der Waals surface area contributed by atoms with Gasteiger partial charge in [-0.1, -0.05) is 170 Å². The van der Waals surface area contributed by atoms with E-state index in [1.54, 1.807) is 0 Å². The number of aromatic nitrogens is 5. The SMILES string of the molecule is Cc1cc(-c2cccc(-c3cccc(-c4nc(-c5ccccc5)nc(-c5ccc(-c6ccccc6)cc5)n4)c3)c2)c2ccc3ccc(-c4ccccc4)nc3c2n1. The summed E-state index contributed by atoms with van der Waals surface area (Å²) in [6, 6.07) is 67.1. The number of hydrogen-bond acceptors (Lipinski definition) is 5. The van der Waals surface area contributed by atoms with E-state index in [1.807, 2.05) is 54.6 Å². The predicted octanol–water partition coefficient (Wildman–Crippen LogP) is 12.9. The first-order valence-electron chi connectivity index (χ1n) is 19.1. The standard InChI is InChI=1S/C52H35N5/c1-34-31-46(45-29-27-38-28-30-47(37-15-7-3-8-16-37)54-48(38)49(45)53-34)43-21-11-19-41(32-43)42-20-12-22-44(33-42)52-56-50(39-17-9-4-10-18-39)55-51(57-52)40-25-23-36(24-26-40)35-13-5-2-6-14-35/h2-33H,1H3. The molecule has 3 aromatic heterocycles. The summed E-state index contributed by atoms with van der Waals surface area (Å²) in [5.41, 5.74) is 14.3. The number of nitrogens with zero attached hydrogens (tertiary/aromatic N) is 5. The van der Waals surface area contributed by atoms with Crippen LogP contribution in [0.25, 0.3) is 101 Å². The van der Waals surface area contributed by atoms with Gasteiger partial charge in [-0.3, -0.25) is 4.98 Å². The topological polar surface area (TPSA) is 64.5 Å². The lowest BCUT2D eigenvalue weighted by Gasteiger charge is -2.13. The Morgan fingerprint density at radius 2 is 0.772 bits per heavy atom. The van der Waals surface area contributed by atoms with Crippen molar-refractivity contribution in [3.8, 4) is 78.8 Å². The molecule has 0 unspecified atom stereocenters. The minimum Gasteiger partial charge on any atom is -0.251 e. The molecule has 0 saturated heterocycles. The number of pyridine rings is 2. The van der Waals surface area contributed by atoms with Gasteiger partial charge in [0.25, 0.3) is 0 Å². The molecular weight excluding hydrogens is 695 g/mol. The minimum atomic E-state index is 0.619. The lowest BCUT2D eigenvalue weighted by molar-refractivity contribution is 1.07. The molecule has 57 heavy (non-hydrogen) atoms. The first-order chi connectivity index (χ1) is 28.1. The average molecular weight is 730 g/mol. The summed E-state index contributed by atoms with van der Waals surface area (Å²) in [5.74, 6) is 1.88. The highest BCUT2D eigenvalue weighted by molar-refractivity contribution is 6.09. The molecule has 0 amide bonds. The fourth-order valence-corrected chi connectivity index (χ4v) is 7.50. The molecule has 268 valence electrons. The van der Waals surface area contributed by atoms with Crippen LogP contribution < -0.4 is 0 Å². The Bertz CT molecular complexity index is 3050. The number of fused-ring (bicyclic) bond motifs is 3. The fraction of sp³-hybridized carbons (Fsp3) is 0.0192. The first-order valence-corrected chi connectivity index (χ1v) is 19.1. The molecule has 0 aliphatic heterocycles. The van der Waals surface area contributed by atoms with Crippen LogP contribution in [0.5, 0.6) is 0 Å². The third-order valence-corrected chi connectivity index (χ3v) is 10.4. The Labute approximate surface area is 331 Å². The molecule has 10 rings (SSSR count). The van der Waals surface area contributed by atoms with Gasteiger partial charge in [-0.05, 0) is 64.6 Å². The van der Waals surface area contributed by atoms with Gasteiger partial charge in [0.05, 0.1) is 16.7 Å². The van der Waals surface area contributed by atoms with Crippen molar-refractivity contribution in [2.75, 3.05) is 0 Å². The second kappa shape index (κ2) is 14.5. The van der Waals surface area contributed by atoms with Gasteiger partial charge in [0, 0.05) is 38.7 Å². The van der Waals surface area contributed by atoms with E-state index < -0.39 is 0 Å². The number of aryl methyl sites for hydroxylation is 1. The van der Waals surface area contributed by atoms with Crippen molar-refractivity contribution in [3.63, 3.8) is 0 Å². The van der Waals surface area contributed by atoms with Crippen LogP contribution >= 0.6 is 0 Å². The van der Waals surface area contributed by atoms with Crippen LogP contribution in [0.2, 0.25) is 0 Å². The molecule has 0 aliphatic rings. The van der Waals surface area contributed by atoms with Gasteiger partial charge < -0.3 is 0 Å². The lowest BCUT2D eigenvalue weighted by Crippen LogP contribution is -2.00. The maximum Gasteiger partial charge on any atom is 0.164 e. The molecule has 0 atom stereocenters. The molecule has 0 fully saturated rings. The Morgan fingerprint density at radius 1 is 0.298 bits per heavy atom. The number of rotatable bonds is 7. The predicted molar refractivity (Wildman–Crippen MR) is 233 cm³/mol. The van der Waals surface area contributed by atoms with E-state index in [0.717, 1.165) is 83.3 Å². The van der Waals surface area contributed by atoms with Crippen molar-refractivity contribution in [2.45, 2.75) is 6.92 Å². The largest absolute Gasteiger partial charge is 0.251 e. The molecule has 10 aromatic rings. The Morgan fingerprint density at radius 3 is 1.44 bits per heavy atom. The van der Waals surface area contributed by atoms with Crippen LogP contribution in [0.3, 0.4) is 0 Å². The first kappa shape index (κ1) is 33.9. The van der Waals surface area contributed by atoms with Gasteiger partial charge in [0.2, 0.25) is 0 Å². The smallest absolute Gasteiger partial charge is 0.164 e. The quantitative estimate of drug-likeness (QED) is 0.153. The highest BCUT2D eigenvalue weighted by atomic mass is 15.0. The summed E-state index contributed by atoms with van der Waals surface area (Å²) < 4.78 is 0. The van der Waals surface area contributed by atoms with Crippen LogP contribution in [-0.2, 0) is 0 Å². The van der Waals surface area contributed by atoms with Crippen LogP contribution in [0.15, 0.2) is 194 Å². The number of benzene rings is 7. The monoisotopic (exact) mass is 729 g/mol. The van der Waals surface area contributed by atoms with Crippen molar-refractivity contribution < 1.29 is 0 Å². The molecule has 0 radical (unpaired) electrons. The van der Waals surface area contributed by atoms with Gasteiger partial charge in [0.1, 0.15) is 0 Å². The third-order valence-electron chi connectivity index (χ3n) is 10.4. The molecule has 5 nitrogen and oxygen atoms in total. The fourth-order valence-electron chi connectivity index (χ4n) is 7.50. The maximum absolute atomic E-state index is 5.14. The Balaban J connectivity index is 1.04. The van der Waals surface area contributed by atoms with E-state index in [0.29, 0.717) is 17.5 Å². The number of hydrogen-bond donors (Lipinski definition) is 0. The van der Waals surface area contributed by atoms with Crippen LogP contribution in [0.1, 0.15) is 5.69 Å². The molecule has 0 aliphatic carbocycles. The summed E-state index contributed by atoms with van der Waals surface area (Å²) in [5, 5.41) is 2.14. The molecule has 0 saturated carbocycles. The van der Waals surface area contributed by atoms with Crippen LogP contribution in [0.4, 0.5) is 0 Å². The van der Waals surface area contributed by atoms with E-state index in [-0.39, 0.29) is 0 Å². The van der Waals surface area contributed by atoms with Gasteiger partial charge in [0.15, 0.2) is 17.5 Å². The van der Waals surface area contributed by atoms with Gasteiger partial charge in [-0.15, -0.1) is 0 Å². The third kappa shape index (κ3) is 6.72. The van der Waals surface area contributed by atoms with Crippen molar-refractivity contribution >= 4 is 21.8 Å². The van der Waals surface area contributed by atoms with Gasteiger partial charge >= 0.3 is 0 Å². The molecular formula is C52H35N5. The van der Waals surface area contributed by atoms with Crippen molar-refractivity contribution in [1.82, 2.24) is 24.9 Å². The van der Waals surface area contributed by atoms with Crippen molar-refractivity contribution in [3.05, 3.63) is 200 Å². The maximum atomic E-state index is 5.14. The van der Waals surface area contributed by atoms with E-state index >= 15 is 0 Å². The molecule has 7 aromatic carbocycles. The molecule has 3 heterocycles.